The number of anilines is 6. The minimum atomic E-state index is -0.923. The average molecular weight is 612 g/mol. The third-order valence-corrected chi connectivity index (χ3v) is 5.71. The van der Waals surface area contributed by atoms with E-state index < -0.39 is 23.4 Å². The predicted octanol–water partition coefficient (Wildman–Crippen LogP) is 7.60. The number of hydrogen-bond donors (Lipinski definition) is 3. The molecule has 3 heterocycles. The number of rotatable bonds is 7. The van der Waals surface area contributed by atoms with Crippen LogP contribution in [-0.4, -0.2) is 44.2 Å². The molecule has 4 rings (SSSR count). The Bertz CT molecular complexity index is 1650. The van der Waals surface area contributed by atoms with Crippen molar-refractivity contribution >= 4 is 52.5 Å². The van der Waals surface area contributed by atoms with Gasteiger partial charge in [0.15, 0.2) is 5.82 Å². The summed E-state index contributed by atoms with van der Waals surface area (Å²) in [6.07, 6.45) is 3.11. The second-order valence-corrected chi connectivity index (χ2v) is 12.1. The Morgan fingerprint density at radius 3 is 1.96 bits per heavy atom. The number of carbonyl (C=O) groups excluding carboxylic acids is 3. The molecular formula is C33H37N7O5. The van der Waals surface area contributed by atoms with Crippen LogP contribution in [0.5, 0.6) is 0 Å². The number of aromatic nitrogens is 3. The monoisotopic (exact) mass is 611 g/mol. The number of carbonyl (C=O) groups is 3. The first-order chi connectivity index (χ1) is 21.1. The quantitative estimate of drug-likeness (QED) is 0.191. The van der Waals surface area contributed by atoms with Crippen LogP contribution in [-0.2, 0) is 9.47 Å². The Kier molecular flexibility index (Phi) is 9.66. The Labute approximate surface area is 262 Å². The van der Waals surface area contributed by atoms with Crippen molar-refractivity contribution in [2.24, 2.45) is 0 Å². The third kappa shape index (κ3) is 9.75. The van der Waals surface area contributed by atoms with Gasteiger partial charge in [0.2, 0.25) is 0 Å². The highest BCUT2D eigenvalue weighted by molar-refractivity contribution is 6.09. The van der Waals surface area contributed by atoms with E-state index in [4.69, 9.17) is 9.47 Å². The maximum atomic E-state index is 13.1. The second-order valence-electron chi connectivity index (χ2n) is 12.1. The number of nitrogens with zero attached hydrogens (tertiary/aromatic N) is 4. The summed E-state index contributed by atoms with van der Waals surface area (Å²) in [4.78, 5) is 52.9. The number of amides is 3. The van der Waals surface area contributed by atoms with E-state index in [1.54, 1.807) is 110 Å². The molecule has 1 aromatic carbocycles. The van der Waals surface area contributed by atoms with Crippen molar-refractivity contribution in [1.29, 1.82) is 0 Å². The number of nitrogens with one attached hydrogen (secondary N) is 3. The van der Waals surface area contributed by atoms with Crippen LogP contribution in [0.2, 0.25) is 0 Å². The fourth-order valence-corrected chi connectivity index (χ4v) is 3.99. The van der Waals surface area contributed by atoms with E-state index in [0.29, 0.717) is 28.5 Å². The molecule has 12 nitrogen and oxygen atoms in total. The van der Waals surface area contributed by atoms with Crippen LogP contribution in [0.4, 0.5) is 44.0 Å². The van der Waals surface area contributed by atoms with Crippen LogP contribution < -0.4 is 20.9 Å². The topological polar surface area (TPSA) is 148 Å². The highest BCUT2D eigenvalue weighted by Gasteiger charge is 2.34. The highest BCUT2D eigenvalue weighted by Crippen LogP contribution is 2.27. The summed E-state index contributed by atoms with van der Waals surface area (Å²) in [6.45, 7) is 11.9. The summed E-state index contributed by atoms with van der Waals surface area (Å²) in [6, 6.07) is 17.3. The number of aryl methyl sites for hydroxylation is 1. The molecule has 0 aliphatic carbocycles. The summed E-state index contributed by atoms with van der Waals surface area (Å²) >= 11 is 0. The average Bonchev–Trinajstić information content (AvgIpc) is 2.92. The van der Waals surface area contributed by atoms with Crippen molar-refractivity contribution in [1.82, 2.24) is 15.0 Å². The molecule has 0 radical (unpaired) electrons. The van der Waals surface area contributed by atoms with Gasteiger partial charge in [-0.1, -0.05) is 6.07 Å². The number of hydrogen-bond acceptors (Lipinski definition) is 10. The van der Waals surface area contributed by atoms with E-state index in [9.17, 15) is 14.4 Å². The maximum absolute atomic E-state index is 13.1. The van der Waals surface area contributed by atoms with Crippen LogP contribution >= 0.6 is 0 Å². The molecule has 4 aromatic rings. The molecule has 0 saturated carbocycles. The SMILES string of the molecule is Cc1cc(Nc2cccc(C(=O)Nc3cc(Nc4ccncc4)ccn3)c2)cc(N(C(=O)OC(C)(C)C)C(=O)OC(C)(C)C)n1. The smallest absolute Gasteiger partial charge is 0.425 e. The van der Waals surface area contributed by atoms with Gasteiger partial charge in [0.25, 0.3) is 5.91 Å². The van der Waals surface area contributed by atoms with Crippen molar-refractivity contribution < 1.29 is 23.9 Å². The van der Waals surface area contributed by atoms with Gasteiger partial charge in [-0.05, 0) is 90.9 Å². The van der Waals surface area contributed by atoms with Crippen molar-refractivity contribution in [3.63, 3.8) is 0 Å². The Balaban J connectivity index is 1.54. The third-order valence-electron chi connectivity index (χ3n) is 5.71. The standard InChI is InChI=1S/C33H37N7O5/c1-21-17-26(20-28(36-21)40(30(42)44-32(2,3)4)31(43)45-33(5,6)7)38-24-10-8-9-22(18-24)29(41)39-27-19-25(13-16-35-27)37-23-11-14-34-15-12-23/h8-20H,1-7H3,(H,36,38)(H2,34,35,37,39,41). The minimum Gasteiger partial charge on any atom is -0.443 e. The van der Waals surface area contributed by atoms with E-state index in [-0.39, 0.29) is 11.7 Å². The molecular weight excluding hydrogens is 574 g/mol. The largest absolute Gasteiger partial charge is 0.443 e. The molecule has 0 saturated heterocycles. The van der Waals surface area contributed by atoms with Crippen LogP contribution in [0, 0.1) is 6.92 Å². The van der Waals surface area contributed by atoms with E-state index in [2.05, 4.69) is 30.9 Å². The lowest BCUT2D eigenvalue weighted by molar-refractivity contribution is 0.0428. The Morgan fingerprint density at radius 1 is 0.711 bits per heavy atom. The van der Waals surface area contributed by atoms with Gasteiger partial charge in [-0.25, -0.2) is 19.6 Å². The van der Waals surface area contributed by atoms with Crippen LogP contribution in [0.3, 0.4) is 0 Å². The summed E-state index contributed by atoms with van der Waals surface area (Å²) < 4.78 is 11.0. The van der Waals surface area contributed by atoms with Gasteiger partial charge in [0.05, 0.1) is 0 Å². The Hall–Kier alpha value is -5.52. The molecule has 0 atom stereocenters. The first-order valence-corrected chi connectivity index (χ1v) is 14.2. The Morgan fingerprint density at radius 2 is 1.31 bits per heavy atom. The molecule has 0 aliphatic heterocycles. The summed E-state index contributed by atoms with van der Waals surface area (Å²) in [5.74, 6) is 0.0252. The molecule has 0 unspecified atom stereocenters. The van der Waals surface area contributed by atoms with Crippen molar-refractivity contribution in [2.45, 2.75) is 59.7 Å². The second kappa shape index (κ2) is 13.4. The zero-order valence-electron chi connectivity index (χ0n) is 26.3. The summed E-state index contributed by atoms with van der Waals surface area (Å²) in [7, 11) is 0. The normalized spacial score (nSPS) is 11.3. The maximum Gasteiger partial charge on any atom is 0.425 e. The molecule has 3 aromatic heterocycles. The number of ether oxygens (including phenoxy) is 2. The van der Waals surface area contributed by atoms with Crippen molar-refractivity contribution in [2.75, 3.05) is 20.9 Å². The molecule has 45 heavy (non-hydrogen) atoms. The summed E-state index contributed by atoms with van der Waals surface area (Å²) in [5.41, 5.74) is 1.87. The van der Waals surface area contributed by atoms with E-state index in [0.717, 1.165) is 16.3 Å². The molecule has 0 bridgehead atoms. The molecule has 12 heteroatoms. The number of imide groups is 1. The van der Waals surface area contributed by atoms with Gasteiger partial charge in [0.1, 0.15) is 17.0 Å². The first kappa shape index (κ1) is 32.4. The molecule has 234 valence electrons. The van der Waals surface area contributed by atoms with Gasteiger partial charge < -0.3 is 25.4 Å². The zero-order valence-corrected chi connectivity index (χ0v) is 26.3. The van der Waals surface area contributed by atoms with Gasteiger partial charge in [-0.2, -0.15) is 4.90 Å². The van der Waals surface area contributed by atoms with E-state index in [1.807, 2.05) is 12.1 Å². The van der Waals surface area contributed by atoms with Gasteiger partial charge >= 0.3 is 12.2 Å². The summed E-state index contributed by atoms with van der Waals surface area (Å²) in [5, 5.41) is 9.29. The lowest BCUT2D eigenvalue weighted by Gasteiger charge is -2.28. The van der Waals surface area contributed by atoms with Crippen LogP contribution in [0.25, 0.3) is 0 Å². The highest BCUT2D eigenvalue weighted by atomic mass is 16.6. The molecule has 3 amide bonds. The number of benzene rings is 1. The van der Waals surface area contributed by atoms with Crippen molar-refractivity contribution in [3.05, 3.63) is 90.5 Å². The van der Waals surface area contributed by atoms with Crippen molar-refractivity contribution in [3.8, 4) is 0 Å². The molecule has 3 N–H and O–H groups in total. The predicted molar refractivity (Wildman–Crippen MR) is 173 cm³/mol. The van der Waals surface area contributed by atoms with Gasteiger partial charge in [-0.15, -0.1) is 0 Å². The number of pyridine rings is 3. The van der Waals surface area contributed by atoms with Crippen LogP contribution in [0.15, 0.2) is 79.3 Å². The van der Waals surface area contributed by atoms with Crippen LogP contribution in [0.1, 0.15) is 57.6 Å². The molecule has 0 spiro atoms. The van der Waals surface area contributed by atoms with Gasteiger partial charge in [-0.3, -0.25) is 9.78 Å². The lowest BCUT2D eigenvalue weighted by Crippen LogP contribution is -2.44. The lowest BCUT2D eigenvalue weighted by atomic mass is 10.1. The molecule has 0 aliphatic rings. The molecule has 0 fully saturated rings. The first-order valence-electron chi connectivity index (χ1n) is 14.2. The fourth-order valence-electron chi connectivity index (χ4n) is 3.99. The van der Waals surface area contributed by atoms with E-state index >= 15 is 0 Å². The van der Waals surface area contributed by atoms with Gasteiger partial charge in [0, 0.05) is 64.7 Å². The van der Waals surface area contributed by atoms with E-state index in [1.165, 1.54) is 6.07 Å². The fraction of sp³-hybridized carbons (Fsp3) is 0.273. The zero-order chi connectivity index (χ0) is 32.8. The minimum absolute atomic E-state index is 0.0150.